The first-order chi connectivity index (χ1) is 9.92. The SMILES string of the molecule is CI.O=S(=O)(Cc1ccc(F)c(Br)c1F)C1CCCNC1. The Morgan fingerprint density at radius 1 is 1.38 bits per heavy atom. The second-order valence-electron chi connectivity index (χ2n) is 4.61. The van der Waals surface area contributed by atoms with Crippen LogP contribution in [-0.4, -0.2) is 31.7 Å². The van der Waals surface area contributed by atoms with E-state index < -0.39 is 32.5 Å². The van der Waals surface area contributed by atoms with Crippen LogP contribution in [0.2, 0.25) is 0 Å². The minimum Gasteiger partial charge on any atom is -0.315 e. The number of hydrogen-bond acceptors (Lipinski definition) is 3. The van der Waals surface area contributed by atoms with Crippen LogP contribution >= 0.6 is 38.5 Å². The first kappa shape index (κ1) is 19.2. The molecule has 0 spiro atoms. The van der Waals surface area contributed by atoms with E-state index in [4.69, 9.17) is 0 Å². The molecular weight excluding hydrogens is 479 g/mol. The van der Waals surface area contributed by atoms with E-state index in [0.29, 0.717) is 13.0 Å². The van der Waals surface area contributed by atoms with E-state index in [1.807, 2.05) is 4.93 Å². The van der Waals surface area contributed by atoms with E-state index in [1.165, 1.54) is 6.07 Å². The summed E-state index contributed by atoms with van der Waals surface area (Å²) in [5.74, 6) is -1.98. The zero-order valence-corrected chi connectivity index (χ0v) is 16.1. The normalized spacial score (nSPS) is 18.8. The summed E-state index contributed by atoms with van der Waals surface area (Å²) >= 11 is 4.93. The molecule has 1 aromatic rings. The number of halogens is 4. The van der Waals surface area contributed by atoms with Gasteiger partial charge < -0.3 is 5.32 Å². The van der Waals surface area contributed by atoms with E-state index >= 15 is 0 Å². The van der Waals surface area contributed by atoms with Gasteiger partial charge in [0.15, 0.2) is 9.84 Å². The number of benzene rings is 1. The van der Waals surface area contributed by atoms with Gasteiger partial charge in [0.05, 0.1) is 15.5 Å². The van der Waals surface area contributed by atoms with Crippen molar-refractivity contribution in [2.45, 2.75) is 23.8 Å². The molecule has 0 amide bonds. The Hall–Kier alpha value is 0.200. The summed E-state index contributed by atoms with van der Waals surface area (Å²) in [6.45, 7) is 1.20. The Morgan fingerprint density at radius 3 is 2.62 bits per heavy atom. The van der Waals surface area contributed by atoms with Crippen molar-refractivity contribution in [2.75, 3.05) is 18.0 Å². The lowest BCUT2D eigenvalue weighted by molar-refractivity contribution is 0.495. The van der Waals surface area contributed by atoms with Crippen LogP contribution in [0.15, 0.2) is 16.6 Å². The Kier molecular flexibility index (Phi) is 8.00. The maximum Gasteiger partial charge on any atom is 0.158 e. The van der Waals surface area contributed by atoms with Gasteiger partial charge >= 0.3 is 0 Å². The second kappa shape index (κ2) is 8.73. The first-order valence-corrected chi connectivity index (χ1v) is 11.0. The fraction of sp³-hybridized carbons (Fsp3) is 0.538. The molecule has 2 rings (SSSR count). The average molecular weight is 496 g/mol. The predicted molar refractivity (Wildman–Crippen MR) is 92.5 cm³/mol. The van der Waals surface area contributed by atoms with Crippen LogP contribution in [0.5, 0.6) is 0 Å². The van der Waals surface area contributed by atoms with Crippen molar-refractivity contribution in [3.63, 3.8) is 0 Å². The van der Waals surface area contributed by atoms with Gasteiger partial charge in [-0.25, -0.2) is 17.2 Å². The van der Waals surface area contributed by atoms with Crippen LogP contribution in [0.3, 0.4) is 0 Å². The highest BCUT2D eigenvalue weighted by molar-refractivity contribution is 14.1. The number of alkyl halides is 1. The molecule has 8 heteroatoms. The number of piperidine rings is 1. The lowest BCUT2D eigenvalue weighted by Crippen LogP contribution is -2.39. The Balaban J connectivity index is 0.00000106. The molecule has 1 unspecified atom stereocenters. The summed E-state index contributed by atoms with van der Waals surface area (Å²) < 4.78 is 51.0. The van der Waals surface area contributed by atoms with E-state index in [0.717, 1.165) is 19.0 Å². The molecule has 1 aliphatic heterocycles. The second-order valence-corrected chi connectivity index (χ2v) is 7.68. The summed E-state index contributed by atoms with van der Waals surface area (Å²) in [4.78, 5) is 1.97. The van der Waals surface area contributed by atoms with Gasteiger partial charge in [-0.15, -0.1) is 0 Å². The van der Waals surface area contributed by atoms with Gasteiger partial charge in [0, 0.05) is 12.1 Å². The maximum absolute atomic E-state index is 13.8. The molecule has 1 aliphatic rings. The van der Waals surface area contributed by atoms with Crippen molar-refractivity contribution in [1.29, 1.82) is 0 Å². The Bertz CT molecular complexity index is 578. The molecule has 1 saturated heterocycles. The van der Waals surface area contributed by atoms with E-state index in [-0.39, 0.29) is 10.0 Å². The van der Waals surface area contributed by atoms with E-state index in [1.54, 1.807) is 0 Å². The van der Waals surface area contributed by atoms with E-state index in [2.05, 4.69) is 43.8 Å². The number of nitrogens with one attached hydrogen (secondary N) is 1. The van der Waals surface area contributed by atoms with Crippen LogP contribution in [0.25, 0.3) is 0 Å². The number of hydrogen-bond donors (Lipinski definition) is 1. The highest BCUT2D eigenvalue weighted by Crippen LogP contribution is 2.25. The average Bonchev–Trinajstić information content (AvgIpc) is 2.51. The van der Waals surface area contributed by atoms with Gasteiger partial charge in [0.2, 0.25) is 0 Å². The van der Waals surface area contributed by atoms with Gasteiger partial charge in [0.25, 0.3) is 0 Å². The fourth-order valence-corrected chi connectivity index (χ4v) is 4.31. The molecule has 0 radical (unpaired) electrons. The third kappa shape index (κ3) is 5.11. The van der Waals surface area contributed by atoms with Gasteiger partial charge in [-0.2, -0.15) is 0 Å². The molecule has 0 saturated carbocycles. The molecule has 1 atom stereocenters. The van der Waals surface area contributed by atoms with Crippen LogP contribution < -0.4 is 5.32 Å². The smallest absolute Gasteiger partial charge is 0.158 e. The molecule has 1 heterocycles. The molecule has 0 bridgehead atoms. The number of rotatable bonds is 3. The lowest BCUT2D eigenvalue weighted by Gasteiger charge is -2.23. The molecule has 0 aromatic heterocycles. The summed E-state index contributed by atoms with van der Waals surface area (Å²) in [5, 5.41) is 2.52. The zero-order valence-electron chi connectivity index (χ0n) is 11.5. The molecule has 0 aliphatic carbocycles. The monoisotopic (exact) mass is 495 g/mol. The summed E-state index contributed by atoms with van der Waals surface area (Å²) in [7, 11) is -3.43. The van der Waals surface area contributed by atoms with Gasteiger partial charge in [0.1, 0.15) is 11.6 Å². The molecule has 1 N–H and O–H groups in total. The topological polar surface area (TPSA) is 46.2 Å². The number of sulfone groups is 1. The molecular formula is C13H17BrF2INO2S. The van der Waals surface area contributed by atoms with Crippen molar-refractivity contribution < 1.29 is 17.2 Å². The maximum atomic E-state index is 13.8. The van der Waals surface area contributed by atoms with E-state index in [9.17, 15) is 17.2 Å². The summed E-state index contributed by atoms with van der Waals surface area (Å²) in [6.07, 6.45) is 1.37. The van der Waals surface area contributed by atoms with Crippen LogP contribution in [-0.2, 0) is 15.6 Å². The van der Waals surface area contributed by atoms with Crippen LogP contribution in [0.4, 0.5) is 8.78 Å². The van der Waals surface area contributed by atoms with Crippen molar-refractivity contribution in [3.05, 3.63) is 33.8 Å². The molecule has 1 aromatic carbocycles. The quantitative estimate of drug-likeness (QED) is 0.397. The zero-order chi connectivity index (χ0) is 16.0. The minimum atomic E-state index is -3.43. The van der Waals surface area contributed by atoms with Crippen molar-refractivity contribution >= 4 is 48.4 Å². The van der Waals surface area contributed by atoms with Gasteiger partial charge in [-0.3, -0.25) is 0 Å². The molecule has 21 heavy (non-hydrogen) atoms. The molecule has 3 nitrogen and oxygen atoms in total. The largest absolute Gasteiger partial charge is 0.315 e. The third-order valence-electron chi connectivity index (χ3n) is 3.23. The standard InChI is InChI=1S/C12H14BrF2NO2S.CH3I/c13-11-10(14)4-3-8(12(11)15)7-19(17,18)9-2-1-5-16-6-9;1-2/h3-4,9,16H,1-2,5-7H2;1H3. The Morgan fingerprint density at radius 2 is 2.05 bits per heavy atom. The fourth-order valence-electron chi connectivity index (χ4n) is 2.14. The highest BCUT2D eigenvalue weighted by Gasteiger charge is 2.28. The molecule has 120 valence electrons. The van der Waals surface area contributed by atoms with Crippen molar-refractivity contribution in [1.82, 2.24) is 5.32 Å². The Labute approximate surface area is 146 Å². The van der Waals surface area contributed by atoms with Gasteiger partial charge in [-0.05, 0) is 46.3 Å². The lowest BCUT2D eigenvalue weighted by atomic mass is 10.2. The minimum absolute atomic E-state index is 0.00107. The van der Waals surface area contributed by atoms with Crippen molar-refractivity contribution in [2.24, 2.45) is 0 Å². The van der Waals surface area contributed by atoms with Crippen LogP contribution in [0.1, 0.15) is 18.4 Å². The van der Waals surface area contributed by atoms with Gasteiger partial charge in [-0.1, -0.05) is 28.7 Å². The van der Waals surface area contributed by atoms with Crippen molar-refractivity contribution in [3.8, 4) is 0 Å². The third-order valence-corrected chi connectivity index (χ3v) is 6.09. The highest BCUT2D eigenvalue weighted by atomic mass is 127. The molecule has 1 fully saturated rings. The van der Waals surface area contributed by atoms with Crippen LogP contribution in [0, 0.1) is 11.6 Å². The first-order valence-electron chi connectivity index (χ1n) is 6.34. The summed E-state index contributed by atoms with van der Waals surface area (Å²) in [5.41, 5.74) is -0.00107. The predicted octanol–water partition coefficient (Wildman–Crippen LogP) is 3.45. The summed E-state index contributed by atoms with van der Waals surface area (Å²) in [6, 6.07) is 2.25.